The molecule has 3 rings (SSSR count). The smallest absolute Gasteiger partial charge is 0.136 e. The summed E-state index contributed by atoms with van der Waals surface area (Å²) in [6.07, 6.45) is 0.892. The molecular weight excluding hydrogens is 360 g/mol. The molecule has 0 amide bonds. The van der Waals surface area contributed by atoms with Crippen LogP contribution in [0.2, 0.25) is 5.02 Å². The molecule has 0 saturated carbocycles. The molecule has 0 atom stereocenters. The van der Waals surface area contributed by atoms with E-state index in [0.717, 1.165) is 41.6 Å². The average molecular weight is 383 g/mol. The number of aryl methyl sites for hydroxylation is 2. The van der Waals surface area contributed by atoms with Crippen LogP contribution in [0.5, 0.6) is 5.75 Å². The molecule has 1 heterocycles. The highest BCUT2D eigenvalue weighted by Gasteiger charge is 2.05. The lowest BCUT2D eigenvalue weighted by molar-refractivity contribution is 0.414. The highest BCUT2D eigenvalue weighted by atomic mass is 35.5. The Labute approximate surface area is 164 Å². The predicted molar refractivity (Wildman–Crippen MR) is 111 cm³/mol. The first-order chi connectivity index (χ1) is 13.0. The van der Waals surface area contributed by atoms with Gasteiger partial charge in [0.25, 0.3) is 0 Å². The largest absolute Gasteiger partial charge is 0.497 e. The van der Waals surface area contributed by atoms with Crippen LogP contribution in [-0.2, 0) is 6.42 Å². The van der Waals surface area contributed by atoms with Crippen molar-refractivity contribution in [3.63, 3.8) is 0 Å². The maximum Gasteiger partial charge on any atom is 0.136 e. The molecule has 0 fully saturated rings. The molecule has 1 aromatic heterocycles. The summed E-state index contributed by atoms with van der Waals surface area (Å²) in [6.45, 7) is 4.68. The molecule has 0 unspecified atom stereocenters. The van der Waals surface area contributed by atoms with Gasteiger partial charge in [-0.3, -0.25) is 0 Å². The molecule has 2 N–H and O–H groups in total. The summed E-state index contributed by atoms with van der Waals surface area (Å²) < 4.78 is 5.19. The lowest BCUT2D eigenvalue weighted by atomic mass is 10.1. The minimum Gasteiger partial charge on any atom is -0.497 e. The van der Waals surface area contributed by atoms with E-state index < -0.39 is 0 Å². The molecule has 3 aromatic rings. The summed E-state index contributed by atoms with van der Waals surface area (Å²) in [5, 5.41) is 7.38. The number of ether oxygens (including phenoxy) is 1. The first kappa shape index (κ1) is 19.0. The van der Waals surface area contributed by atoms with Crippen molar-refractivity contribution in [3.05, 3.63) is 70.5 Å². The molecule has 140 valence electrons. The molecule has 6 heteroatoms. The van der Waals surface area contributed by atoms with Crippen molar-refractivity contribution in [2.45, 2.75) is 20.3 Å². The van der Waals surface area contributed by atoms with Gasteiger partial charge in [-0.05, 0) is 55.7 Å². The van der Waals surface area contributed by atoms with Gasteiger partial charge in [0.05, 0.1) is 7.11 Å². The van der Waals surface area contributed by atoms with Crippen LogP contribution >= 0.6 is 11.6 Å². The minimum absolute atomic E-state index is 0.687. The number of benzene rings is 2. The van der Waals surface area contributed by atoms with Gasteiger partial charge in [-0.25, -0.2) is 9.97 Å². The van der Waals surface area contributed by atoms with Crippen molar-refractivity contribution < 1.29 is 4.74 Å². The van der Waals surface area contributed by atoms with Gasteiger partial charge >= 0.3 is 0 Å². The first-order valence-corrected chi connectivity index (χ1v) is 9.17. The number of hydrogen-bond donors (Lipinski definition) is 2. The van der Waals surface area contributed by atoms with E-state index in [9.17, 15) is 0 Å². The molecule has 5 nitrogen and oxygen atoms in total. The summed E-state index contributed by atoms with van der Waals surface area (Å²) in [4.78, 5) is 8.93. The number of aromatic nitrogens is 2. The van der Waals surface area contributed by atoms with Crippen molar-refractivity contribution in [2.24, 2.45) is 0 Å². The Morgan fingerprint density at radius 3 is 2.44 bits per heavy atom. The lowest BCUT2D eigenvalue weighted by Crippen LogP contribution is -2.08. The number of nitrogens with one attached hydrogen (secondary N) is 2. The van der Waals surface area contributed by atoms with Crippen molar-refractivity contribution in [3.8, 4) is 5.75 Å². The molecule has 0 aliphatic rings. The van der Waals surface area contributed by atoms with E-state index in [2.05, 4.69) is 32.7 Å². The van der Waals surface area contributed by atoms with Gasteiger partial charge in [0, 0.05) is 23.3 Å². The van der Waals surface area contributed by atoms with Crippen molar-refractivity contribution >= 4 is 28.9 Å². The minimum atomic E-state index is 0.687. The number of rotatable bonds is 7. The first-order valence-electron chi connectivity index (χ1n) is 8.79. The monoisotopic (exact) mass is 382 g/mol. The third-order valence-corrected chi connectivity index (χ3v) is 4.41. The Bertz CT molecular complexity index is 913. The second-order valence-corrected chi connectivity index (χ2v) is 6.73. The zero-order valence-corrected chi connectivity index (χ0v) is 16.5. The van der Waals surface area contributed by atoms with E-state index in [1.165, 1.54) is 5.56 Å². The Balaban J connectivity index is 1.65. The number of halogens is 1. The summed E-state index contributed by atoms with van der Waals surface area (Å²) in [7, 11) is 1.67. The Morgan fingerprint density at radius 2 is 1.70 bits per heavy atom. The predicted octanol–water partition coefficient (Wildman–Crippen LogP) is 5.15. The zero-order valence-electron chi connectivity index (χ0n) is 15.7. The van der Waals surface area contributed by atoms with Gasteiger partial charge in [0.15, 0.2) is 0 Å². The SMILES string of the molecule is COc1ccc(CCNc2cc(Nc3cc(Cl)ccc3C)nc(C)n2)cc1. The Kier molecular flexibility index (Phi) is 6.14. The molecule has 0 aliphatic heterocycles. The summed E-state index contributed by atoms with van der Waals surface area (Å²) in [6, 6.07) is 15.7. The molecule has 0 bridgehead atoms. The van der Waals surface area contributed by atoms with Crippen LogP contribution in [0.15, 0.2) is 48.5 Å². The zero-order chi connectivity index (χ0) is 19.2. The fraction of sp³-hybridized carbons (Fsp3) is 0.238. The average Bonchev–Trinajstić information content (AvgIpc) is 2.65. The maximum atomic E-state index is 6.10. The summed E-state index contributed by atoms with van der Waals surface area (Å²) in [5.74, 6) is 3.09. The Hall–Kier alpha value is -2.79. The Morgan fingerprint density at radius 1 is 0.963 bits per heavy atom. The second-order valence-electron chi connectivity index (χ2n) is 6.29. The molecule has 0 radical (unpaired) electrons. The highest BCUT2D eigenvalue weighted by molar-refractivity contribution is 6.30. The quantitative estimate of drug-likeness (QED) is 0.591. The van der Waals surface area contributed by atoms with E-state index in [1.54, 1.807) is 7.11 Å². The van der Waals surface area contributed by atoms with E-state index in [-0.39, 0.29) is 0 Å². The van der Waals surface area contributed by atoms with Gasteiger partial charge < -0.3 is 15.4 Å². The fourth-order valence-corrected chi connectivity index (χ4v) is 2.89. The molecule has 0 spiro atoms. The summed E-state index contributed by atoms with van der Waals surface area (Å²) in [5.41, 5.74) is 3.27. The van der Waals surface area contributed by atoms with E-state index in [0.29, 0.717) is 10.8 Å². The highest BCUT2D eigenvalue weighted by Crippen LogP contribution is 2.24. The fourth-order valence-electron chi connectivity index (χ4n) is 2.72. The molecular formula is C21H23ClN4O. The molecule has 27 heavy (non-hydrogen) atoms. The van der Waals surface area contributed by atoms with Crippen LogP contribution in [0.3, 0.4) is 0 Å². The van der Waals surface area contributed by atoms with Gasteiger partial charge in [-0.1, -0.05) is 29.8 Å². The topological polar surface area (TPSA) is 59.1 Å². The van der Waals surface area contributed by atoms with Crippen molar-refractivity contribution in [1.82, 2.24) is 9.97 Å². The third-order valence-electron chi connectivity index (χ3n) is 4.18. The molecule has 0 saturated heterocycles. The van der Waals surface area contributed by atoms with Crippen LogP contribution < -0.4 is 15.4 Å². The number of methoxy groups -OCH3 is 1. The number of hydrogen-bond acceptors (Lipinski definition) is 5. The lowest BCUT2D eigenvalue weighted by Gasteiger charge is -2.12. The van der Waals surface area contributed by atoms with Gasteiger partial charge in [-0.2, -0.15) is 0 Å². The van der Waals surface area contributed by atoms with Crippen LogP contribution in [0.4, 0.5) is 17.3 Å². The van der Waals surface area contributed by atoms with Crippen LogP contribution in [0, 0.1) is 13.8 Å². The van der Waals surface area contributed by atoms with Gasteiger partial charge in [-0.15, -0.1) is 0 Å². The van der Waals surface area contributed by atoms with Crippen LogP contribution in [0.25, 0.3) is 0 Å². The molecule has 0 aliphatic carbocycles. The van der Waals surface area contributed by atoms with Crippen molar-refractivity contribution in [1.29, 1.82) is 0 Å². The maximum absolute atomic E-state index is 6.10. The van der Waals surface area contributed by atoms with E-state index in [1.807, 2.05) is 50.2 Å². The van der Waals surface area contributed by atoms with E-state index >= 15 is 0 Å². The number of anilines is 3. The summed E-state index contributed by atoms with van der Waals surface area (Å²) >= 11 is 6.10. The second kappa shape index (κ2) is 8.73. The van der Waals surface area contributed by atoms with Gasteiger partial charge in [0.2, 0.25) is 0 Å². The van der Waals surface area contributed by atoms with Crippen LogP contribution in [-0.4, -0.2) is 23.6 Å². The number of nitrogens with zero attached hydrogens (tertiary/aromatic N) is 2. The normalized spacial score (nSPS) is 10.5. The van der Waals surface area contributed by atoms with E-state index in [4.69, 9.17) is 16.3 Å². The van der Waals surface area contributed by atoms with Crippen molar-refractivity contribution in [2.75, 3.05) is 24.3 Å². The van der Waals surface area contributed by atoms with Gasteiger partial charge in [0.1, 0.15) is 23.2 Å². The molecule has 2 aromatic carbocycles. The van der Waals surface area contributed by atoms with Crippen LogP contribution in [0.1, 0.15) is 17.0 Å². The standard InChI is InChI=1S/C21H23ClN4O/c1-14-4-7-17(22)12-19(14)26-21-13-20(24-15(2)25-21)23-11-10-16-5-8-18(27-3)9-6-16/h4-9,12-13H,10-11H2,1-3H3,(H2,23,24,25,26). The third kappa shape index (κ3) is 5.34.